The molecule has 0 amide bonds. The normalized spacial score (nSPS) is 12.6. The fourth-order valence-electron chi connectivity index (χ4n) is 2.29. The quantitative estimate of drug-likeness (QED) is 0.847. The van der Waals surface area contributed by atoms with E-state index in [1.165, 1.54) is 18.2 Å². The molecule has 2 rings (SSSR count). The Morgan fingerprint density at radius 2 is 1.95 bits per heavy atom. The zero-order chi connectivity index (χ0) is 15.2. The predicted octanol–water partition coefficient (Wildman–Crippen LogP) is 3.46. The first-order chi connectivity index (χ1) is 10.2. The number of hydrogen-bond donors (Lipinski definition) is 1. The van der Waals surface area contributed by atoms with Crippen LogP contribution in [0.25, 0.3) is 0 Å². The van der Waals surface area contributed by atoms with Gasteiger partial charge in [-0.2, -0.15) is 5.10 Å². The van der Waals surface area contributed by atoms with Crippen LogP contribution in [-0.2, 0) is 13.0 Å². The van der Waals surface area contributed by atoms with E-state index in [1.807, 2.05) is 17.8 Å². The van der Waals surface area contributed by atoms with Crippen LogP contribution in [0.2, 0.25) is 0 Å². The number of aromatic nitrogens is 2. The summed E-state index contributed by atoms with van der Waals surface area (Å²) in [6, 6.07) is 3.84. The van der Waals surface area contributed by atoms with Gasteiger partial charge in [0.05, 0.1) is 6.20 Å². The molecule has 0 radical (unpaired) electrons. The summed E-state index contributed by atoms with van der Waals surface area (Å²) in [6.07, 6.45) is 4.91. The van der Waals surface area contributed by atoms with Crippen molar-refractivity contribution in [3.63, 3.8) is 0 Å². The molecule has 114 valence electrons. The molecule has 0 bridgehead atoms. The lowest BCUT2D eigenvalue weighted by molar-refractivity contribution is 0.489. The van der Waals surface area contributed by atoms with Gasteiger partial charge in [0.2, 0.25) is 0 Å². The largest absolute Gasteiger partial charge is 0.310 e. The molecule has 0 fully saturated rings. The summed E-state index contributed by atoms with van der Waals surface area (Å²) in [6.45, 7) is 5.62. The van der Waals surface area contributed by atoms with Gasteiger partial charge in [-0.05, 0) is 38.4 Å². The zero-order valence-corrected chi connectivity index (χ0v) is 12.4. The third-order valence-corrected chi connectivity index (χ3v) is 3.49. The molecule has 1 unspecified atom stereocenters. The fraction of sp³-hybridized carbons (Fsp3) is 0.438. The van der Waals surface area contributed by atoms with Gasteiger partial charge in [-0.1, -0.05) is 13.0 Å². The van der Waals surface area contributed by atoms with Gasteiger partial charge in [-0.3, -0.25) is 4.68 Å². The van der Waals surface area contributed by atoms with Crippen LogP contribution in [0.3, 0.4) is 0 Å². The van der Waals surface area contributed by atoms with E-state index in [0.29, 0.717) is 0 Å². The van der Waals surface area contributed by atoms with E-state index in [9.17, 15) is 8.78 Å². The van der Waals surface area contributed by atoms with E-state index >= 15 is 0 Å². The third-order valence-electron chi connectivity index (χ3n) is 3.49. The van der Waals surface area contributed by atoms with Gasteiger partial charge in [0.15, 0.2) is 0 Å². The van der Waals surface area contributed by atoms with Crippen LogP contribution in [0.15, 0.2) is 30.6 Å². The first-order valence-corrected chi connectivity index (χ1v) is 7.34. The maximum Gasteiger partial charge on any atom is 0.129 e. The van der Waals surface area contributed by atoms with Crippen molar-refractivity contribution in [2.45, 2.75) is 39.3 Å². The smallest absolute Gasteiger partial charge is 0.129 e. The summed E-state index contributed by atoms with van der Waals surface area (Å²) in [4.78, 5) is 0. The number of hydrogen-bond acceptors (Lipinski definition) is 2. The number of halogens is 2. The van der Waals surface area contributed by atoms with Crippen molar-refractivity contribution in [2.24, 2.45) is 0 Å². The van der Waals surface area contributed by atoms with Gasteiger partial charge < -0.3 is 5.32 Å². The van der Waals surface area contributed by atoms with Crippen molar-refractivity contribution in [3.8, 4) is 0 Å². The first-order valence-electron chi connectivity index (χ1n) is 7.34. The van der Waals surface area contributed by atoms with Crippen molar-refractivity contribution in [3.05, 3.63) is 53.4 Å². The Morgan fingerprint density at radius 1 is 1.24 bits per heavy atom. The Morgan fingerprint density at radius 3 is 2.52 bits per heavy atom. The van der Waals surface area contributed by atoms with Gasteiger partial charge >= 0.3 is 0 Å². The van der Waals surface area contributed by atoms with Gasteiger partial charge in [-0.25, -0.2) is 8.78 Å². The van der Waals surface area contributed by atoms with Crippen LogP contribution in [0.1, 0.15) is 37.4 Å². The first kappa shape index (κ1) is 15.6. The van der Waals surface area contributed by atoms with E-state index in [2.05, 4.69) is 17.3 Å². The van der Waals surface area contributed by atoms with Gasteiger partial charge in [0.1, 0.15) is 11.6 Å². The lowest BCUT2D eigenvalue weighted by atomic mass is 10.0. The molecule has 21 heavy (non-hydrogen) atoms. The highest BCUT2D eigenvalue weighted by Crippen LogP contribution is 2.22. The van der Waals surface area contributed by atoms with Crippen LogP contribution in [0, 0.1) is 11.6 Å². The van der Waals surface area contributed by atoms with Crippen molar-refractivity contribution < 1.29 is 8.78 Å². The van der Waals surface area contributed by atoms with Crippen LogP contribution >= 0.6 is 0 Å². The van der Waals surface area contributed by atoms with Crippen molar-refractivity contribution >= 4 is 0 Å². The SMILES string of the molecule is CCCNC(Cc1c(F)cccc1F)c1cnn(CC)c1. The second kappa shape index (κ2) is 7.31. The van der Waals surface area contributed by atoms with E-state index in [1.54, 1.807) is 6.20 Å². The highest BCUT2D eigenvalue weighted by atomic mass is 19.1. The van der Waals surface area contributed by atoms with Crippen LogP contribution in [0.4, 0.5) is 8.78 Å². The molecule has 0 saturated heterocycles. The maximum atomic E-state index is 13.8. The van der Waals surface area contributed by atoms with Crippen molar-refractivity contribution in [1.29, 1.82) is 0 Å². The minimum atomic E-state index is -0.499. The molecular weight excluding hydrogens is 272 g/mol. The Labute approximate surface area is 124 Å². The van der Waals surface area contributed by atoms with Gasteiger partial charge in [0, 0.05) is 29.9 Å². The predicted molar refractivity (Wildman–Crippen MR) is 79.0 cm³/mol. The molecule has 1 N–H and O–H groups in total. The van der Waals surface area contributed by atoms with Gasteiger partial charge in [-0.15, -0.1) is 0 Å². The fourth-order valence-corrected chi connectivity index (χ4v) is 2.29. The lowest BCUT2D eigenvalue weighted by Crippen LogP contribution is -2.24. The highest BCUT2D eigenvalue weighted by molar-refractivity contribution is 5.23. The van der Waals surface area contributed by atoms with Crippen molar-refractivity contribution in [2.75, 3.05) is 6.54 Å². The maximum absolute atomic E-state index is 13.8. The summed E-state index contributed by atoms with van der Waals surface area (Å²) < 4.78 is 29.5. The molecule has 1 aromatic carbocycles. The summed E-state index contributed by atoms with van der Waals surface area (Å²) in [5.41, 5.74) is 1.07. The van der Waals surface area contributed by atoms with E-state index < -0.39 is 11.6 Å². The Bertz CT molecular complexity index is 560. The Balaban J connectivity index is 2.23. The summed E-state index contributed by atoms with van der Waals surface area (Å²) in [5, 5.41) is 7.58. The van der Waals surface area contributed by atoms with Crippen LogP contribution in [0.5, 0.6) is 0 Å². The average molecular weight is 293 g/mol. The molecule has 0 aliphatic rings. The molecule has 0 saturated carbocycles. The van der Waals surface area contributed by atoms with E-state index in [4.69, 9.17) is 0 Å². The van der Waals surface area contributed by atoms with Crippen LogP contribution < -0.4 is 5.32 Å². The molecule has 0 aliphatic heterocycles. The molecule has 1 aromatic heterocycles. The molecular formula is C16H21F2N3. The minimum Gasteiger partial charge on any atom is -0.310 e. The summed E-state index contributed by atoms with van der Waals surface area (Å²) >= 11 is 0. The lowest BCUT2D eigenvalue weighted by Gasteiger charge is -2.18. The molecule has 0 aliphatic carbocycles. The van der Waals surface area contributed by atoms with Crippen LogP contribution in [-0.4, -0.2) is 16.3 Å². The van der Waals surface area contributed by atoms with E-state index in [0.717, 1.165) is 25.1 Å². The highest BCUT2D eigenvalue weighted by Gasteiger charge is 2.18. The topological polar surface area (TPSA) is 29.9 Å². The number of nitrogens with zero attached hydrogens (tertiary/aromatic N) is 2. The monoisotopic (exact) mass is 293 g/mol. The minimum absolute atomic E-state index is 0.121. The second-order valence-electron chi connectivity index (χ2n) is 5.04. The summed E-state index contributed by atoms with van der Waals surface area (Å²) in [7, 11) is 0. The van der Waals surface area contributed by atoms with Gasteiger partial charge in [0.25, 0.3) is 0 Å². The molecule has 1 heterocycles. The Hall–Kier alpha value is -1.75. The van der Waals surface area contributed by atoms with Crippen molar-refractivity contribution in [1.82, 2.24) is 15.1 Å². The molecule has 1 atom stereocenters. The average Bonchev–Trinajstić information content (AvgIpc) is 2.95. The third kappa shape index (κ3) is 3.88. The number of benzene rings is 1. The second-order valence-corrected chi connectivity index (χ2v) is 5.04. The molecule has 5 heteroatoms. The molecule has 0 spiro atoms. The standard InChI is InChI=1S/C16H21F2N3/c1-3-8-19-16(12-10-20-21(4-2)11-12)9-13-14(17)6-5-7-15(13)18/h5-7,10-11,16,19H,3-4,8-9H2,1-2H3. The number of rotatable bonds is 7. The van der Waals surface area contributed by atoms with E-state index in [-0.39, 0.29) is 18.0 Å². The number of aryl methyl sites for hydroxylation is 1. The number of nitrogens with one attached hydrogen (secondary N) is 1. The summed E-state index contributed by atoms with van der Waals surface area (Å²) in [5.74, 6) is -0.998. The molecule has 3 nitrogen and oxygen atoms in total. The zero-order valence-electron chi connectivity index (χ0n) is 12.4. The molecule has 2 aromatic rings. The Kier molecular flexibility index (Phi) is 5.44.